The molecule has 0 spiro atoms. The van der Waals surface area contributed by atoms with E-state index in [9.17, 15) is 15.3 Å². The smallest absolute Gasteiger partial charge is 0.0777 e. The van der Waals surface area contributed by atoms with Gasteiger partial charge in [-0.05, 0) is 92.8 Å². The molecule has 0 aromatic heterocycles. The topological polar surface area (TPSA) is 60.7 Å². The Hall–Kier alpha value is -1.16. The molecule has 3 aliphatic rings. The van der Waals surface area contributed by atoms with Gasteiger partial charge < -0.3 is 15.3 Å². The van der Waals surface area contributed by atoms with Crippen molar-refractivity contribution in [2.24, 2.45) is 29.1 Å². The maximum Gasteiger partial charge on any atom is 0.0777 e. The molecule has 0 aromatic carbocycles. The van der Waals surface area contributed by atoms with Gasteiger partial charge in [-0.25, -0.2) is 0 Å². The fourth-order valence-corrected chi connectivity index (χ4v) is 6.17. The lowest BCUT2D eigenvalue weighted by molar-refractivity contribution is 0.0436. The molecule has 3 N–H and O–H groups in total. The Balaban J connectivity index is 1.74. The minimum atomic E-state index is -0.684. The van der Waals surface area contributed by atoms with Crippen LogP contribution in [-0.2, 0) is 0 Å². The highest BCUT2D eigenvalue weighted by molar-refractivity contribution is 5.37. The number of aliphatic hydroxyl groups excluding tert-OH is 2. The Labute approximate surface area is 189 Å². The first kappa shape index (κ1) is 24.5. The van der Waals surface area contributed by atoms with Crippen LogP contribution < -0.4 is 0 Å². The van der Waals surface area contributed by atoms with Gasteiger partial charge in [0, 0.05) is 12.3 Å². The van der Waals surface area contributed by atoms with E-state index in [1.54, 1.807) is 0 Å². The molecule has 1 fully saturated rings. The first-order chi connectivity index (χ1) is 14.4. The van der Waals surface area contributed by atoms with E-state index in [1.807, 2.05) is 20.8 Å². The summed E-state index contributed by atoms with van der Waals surface area (Å²) in [7, 11) is 0. The molecular formula is C28H44O3. The van der Waals surface area contributed by atoms with Crippen LogP contribution in [0.1, 0.15) is 80.1 Å². The van der Waals surface area contributed by atoms with Crippen LogP contribution in [0, 0.1) is 29.1 Å². The zero-order chi connectivity index (χ0) is 23.0. The van der Waals surface area contributed by atoms with Gasteiger partial charge in [-0.15, -0.1) is 0 Å². The molecule has 0 radical (unpaired) electrons. The van der Waals surface area contributed by atoms with E-state index in [0.717, 1.165) is 17.6 Å². The fourth-order valence-electron chi connectivity index (χ4n) is 6.17. The molecular weight excluding hydrogens is 384 g/mol. The lowest BCUT2D eigenvalue weighted by Crippen LogP contribution is -2.34. The normalized spacial score (nSPS) is 36.7. The highest BCUT2D eigenvalue weighted by atomic mass is 16.3. The van der Waals surface area contributed by atoms with Crippen molar-refractivity contribution in [3.8, 4) is 0 Å². The number of allylic oxidation sites excluding steroid dienone is 5. The first-order valence-corrected chi connectivity index (χ1v) is 12.3. The molecule has 1 saturated carbocycles. The molecule has 0 heterocycles. The van der Waals surface area contributed by atoms with E-state index in [4.69, 9.17) is 0 Å². The molecule has 3 nitrogen and oxygen atoms in total. The third-order valence-corrected chi connectivity index (χ3v) is 8.76. The van der Waals surface area contributed by atoms with Crippen LogP contribution in [-0.4, -0.2) is 33.1 Å². The highest BCUT2D eigenvalue weighted by Gasteiger charge is 2.49. The van der Waals surface area contributed by atoms with Gasteiger partial charge in [0.15, 0.2) is 0 Å². The maximum atomic E-state index is 10.3. The molecule has 0 amide bonds. The third-order valence-electron chi connectivity index (χ3n) is 8.76. The van der Waals surface area contributed by atoms with E-state index in [-0.39, 0.29) is 5.92 Å². The maximum absolute atomic E-state index is 10.3. The van der Waals surface area contributed by atoms with Crippen molar-refractivity contribution >= 4 is 0 Å². The van der Waals surface area contributed by atoms with E-state index >= 15 is 0 Å². The van der Waals surface area contributed by atoms with Gasteiger partial charge in [0.05, 0.1) is 17.8 Å². The summed E-state index contributed by atoms with van der Waals surface area (Å²) in [6.45, 7) is 12.7. The summed E-state index contributed by atoms with van der Waals surface area (Å²) in [5.74, 6) is 1.86. The average molecular weight is 429 g/mol. The van der Waals surface area contributed by atoms with Gasteiger partial charge in [0.2, 0.25) is 0 Å². The van der Waals surface area contributed by atoms with Crippen molar-refractivity contribution in [1.82, 2.24) is 0 Å². The summed E-state index contributed by atoms with van der Waals surface area (Å²) in [5, 5.41) is 30.5. The Kier molecular flexibility index (Phi) is 7.40. The van der Waals surface area contributed by atoms with Crippen LogP contribution in [0.4, 0.5) is 0 Å². The molecule has 3 aliphatic carbocycles. The molecule has 5 unspecified atom stereocenters. The first-order valence-electron chi connectivity index (χ1n) is 12.3. The van der Waals surface area contributed by atoms with Crippen LogP contribution in [0.5, 0.6) is 0 Å². The summed E-state index contributed by atoms with van der Waals surface area (Å²) in [5.41, 5.74) is 3.14. The number of rotatable bonds is 6. The molecule has 7 atom stereocenters. The second-order valence-electron chi connectivity index (χ2n) is 11.3. The van der Waals surface area contributed by atoms with Crippen LogP contribution in [0.3, 0.4) is 0 Å². The molecule has 0 aliphatic heterocycles. The van der Waals surface area contributed by atoms with Crippen molar-refractivity contribution < 1.29 is 15.3 Å². The number of fused-ring (bicyclic) bond motifs is 1. The largest absolute Gasteiger partial charge is 0.393 e. The van der Waals surface area contributed by atoms with Gasteiger partial charge in [-0.2, -0.15) is 0 Å². The van der Waals surface area contributed by atoms with Crippen molar-refractivity contribution in [3.63, 3.8) is 0 Å². The molecule has 3 heteroatoms. The van der Waals surface area contributed by atoms with E-state index in [2.05, 4.69) is 51.2 Å². The van der Waals surface area contributed by atoms with E-state index in [1.165, 1.54) is 24.8 Å². The Morgan fingerprint density at radius 3 is 2.52 bits per heavy atom. The second kappa shape index (κ2) is 9.37. The number of aliphatic hydroxyl groups is 3. The minimum Gasteiger partial charge on any atom is -0.393 e. The lowest BCUT2D eigenvalue weighted by atomic mass is 9.62. The quantitative estimate of drug-likeness (QED) is 0.474. The van der Waals surface area contributed by atoms with Crippen LogP contribution in [0.25, 0.3) is 0 Å². The van der Waals surface area contributed by atoms with Gasteiger partial charge in [0.25, 0.3) is 0 Å². The van der Waals surface area contributed by atoms with Crippen LogP contribution >= 0.6 is 0 Å². The molecule has 174 valence electrons. The fraction of sp³-hybridized carbons (Fsp3) is 0.714. The third kappa shape index (κ3) is 5.26. The Bertz CT molecular complexity index is 766. The zero-order valence-electron chi connectivity index (χ0n) is 20.4. The predicted octanol–water partition coefficient (Wildman–Crippen LogP) is 5.73. The van der Waals surface area contributed by atoms with Gasteiger partial charge >= 0.3 is 0 Å². The molecule has 3 rings (SSSR count). The van der Waals surface area contributed by atoms with Gasteiger partial charge in [-0.3, -0.25) is 0 Å². The number of hydrogen-bond acceptors (Lipinski definition) is 3. The van der Waals surface area contributed by atoms with Crippen molar-refractivity contribution in [1.29, 1.82) is 0 Å². The van der Waals surface area contributed by atoms with Gasteiger partial charge in [0.1, 0.15) is 0 Å². The monoisotopic (exact) mass is 428 g/mol. The highest BCUT2D eigenvalue weighted by Crippen LogP contribution is 2.58. The molecule has 31 heavy (non-hydrogen) atoms. The standard InChI is InChI=1S/C28H44O3/c1-18(9-10-19(2)27(4,5)31)24-13-14-25-21(8-7-15-28(24,25)6)11-12-22-16-23(29)17-26(30)20(22)3/h8-12,18-19,23-26,29-31H,7,13-17H2,1-6H3/b10-9+,12-11+/t18?,19?,23-,24?,25?,26+,28?/m1/s1. The van der Waals surface area contributed by atoms with E-state index in [0.29, 0.717) is 36.0 Å². The molecule has 0 saturated heterocycles. The second-order valence-corrected chi connectivity index (χ2v) is 11.3. The average Bonchev–Trinajstić information content (AvgIpc) is 3.04. The van der Waals surface area contributed by atoms with Gasteiger partial charge in [-0.1, -0.05) is 51.2 Å². The minimum absolute atomic E-state index is 0.141. The molecule has 0 aromatic rings. The zero-order valence-corrected chi connectivity index (χ0v) is 20.4. The summed E-state index contributed by atoms with van der Waals surface area (Å²) in [6, 6.07) is 0. The van der Waals surface area contributed by atoms with Crippen LogP contribution in [0.2, 0.25) is 0 Å². The van der Waals surface area contributed by atoms with Crippen LogP contribution in [0.15, 0.2) is 47.1 Å². The van der Waals surface area contributed by atoms with Crippen molar-refractivity contribution in [2.45, 2.75) is 97.9 Å². The SMILES string of the molecule is CC1=C(/C=C/C2=CCCC3(C)C2CCC3C(C)/C=C/C(C)C(C)(C)O)C[C@@H](O)C[C@@H]1O. The Morgan fingerprint density at radius 2 is 1.84 bits per heavy atom. The molecule has 0 bridgehead atoms. The lowest BCUT2D eigenvalue weighted by Gasteiger charge is -2.42. The number of hydrogen-bond donors (Lipinski definition) is 3. The van der Waals surface area contributed by atoms with Crippen molar-refractivity contribution in [3.05, 3.63) is 47.1 Å². The van der Waals surface area contributed by atoms with E-state index < -0.39 is 17.8 Å². The Morgan fingerprint density at radius 1 is 1.13 bits per heavy atom. The summed E-state index contributed by atoms with van der Waals surface area (Å²) >= 11 is 0. The summed E-state index contributed by atoms with van der Waals surface area (Å²) < 4.78 is 0. The summed E-state index contributed by atoms with van der Waals surface area (Å²) in [4.78, 5) is 0. The summed E-state index contributed by atoms with van der Waals surface area (Å²) in [6.07, 6.45) is 16.3. The van der Waals surface area contributed by atoms with Crippen molar-refractivity contribution in [2.75, 3.05) is 0 Å². The predicted molar refractivity (Wildman–Crippen MR) is 128 cm³/mol.